The highest BCUT2D eigenvalue weighted by atomic mass is 16.5. The van der Waals surface area contributed by atoms with Crippen LogP contribution >= 0.6 is 0 Å². The Balaban J connectivity index is 1.60. The Kier molecular flexibility index (Phi) is 6.09. The second kappa shape index (κ2) is 8.69. The molecular weight excluding hydrogens is 334 g/mol. The number of nitrogens with zero attached hydrogens (tertiary/aromatic N) is 1. The van der Waals surface area contributed by atoms with Crippen LogP contribution in [0, 0.1) is 0 Å². The van der Waals surface area contributed by atoms with E-state index in [1.165, 1.54) is 0 Å². The van der Waals surface area contributed by atoms with E-state index in [1.54, 1.807) is 7.11 Å². The topological polar surface area (TPSA) is 68.2 Å². The van der Waals surface area contributed by atoms with Crippen LogP contribution < -0.4 is 9.47 Å². The minimum absolute atomic E-state index is 0.0524. The van der Waals surface area contributed by atoms with E-state index >= 15 is 0 Å². The van der Waals surface area contributed by atoms with E-state index in [2.05, 4.69) is 4.90 Å². The lowest BCUT2D eigenvalue weighted by Crippen LogP contribution is -2.39. The Morgan fingerprint density at radius 3 is 2.69 bits per heavy atom. The van der Waals surface area contributed by atoms with Crippen molar-refractivity contribution >= 4 is 5.97 Å². The maximum atomic E-state index is 10.7. The molecule has 1 unspecified atom stereocenters. The molecule has 1 heterocycles. The minimum Gasteiger partial charge on any atom is -0.497 e. The molecule has 0 amide bonds. The number of carboxylic acids is 1. The molecule has 1 atom stereocenters. The maximum absolute atomic E-state index is 10.7. The van der Waals surface area contributed by atoms with Gasteiger partial charge in [0.05, 0.1) is 26.2 Å². The zero-order chi connectivity index (χ0) is 18.4. The molecule has 1 fully saturated rings. The third-order valence-electron chi connectivity index (χ3n) is 4.32. The van der Waals surface area contributed by atoms with Gasteiger partial charge in [0.1, 0.15) is 17.2 Å². The first-order valence-corrected chi connectivity index (χ1v) is 8.61. The highest BCUT2D eigenvalue weighted by molar-refractivity contribution is 5.66. The average Bonchev–Trinajstić information content (AvgIpc) is 2.67. The summed E-state index contributed by atoms with van der Waals surface area (Å²) in [7, 11) is 1.62. The fourth-order valence-corrected chi connectivity index (χ4v) is 2.91. The molecule has 0 bridgehead atoms. The summed E-state index contributed by atoms with van der Waals surface area (Å²) in [5.74, 6) is 1.43. The number of methoxy groups -OCH3 is 1. The number of hydrogen-bond donors (Lipinski definition) is 1. The molecule has 1 aliphatic rings. The summed E-state index contributed by atoms with van der Waals surface area (Å²) in [5.41, 5.74) is 1.06. The highest BCUT2D eigenvalue weighted by Gasteiger charge is 2.22. The molecule has 2 aromatic rings. The van der Waals surface area contributed by atoms with E-state index in [0.29, 0.717) is 25.4 Å². The van der Waals surface area contributed by atoms with Crippen LogP contribution in [0.25, 0.3) is 0 Å². The number of hydrogen-bond acceptors (Lipinski definition) is 5. The van der Waals surface area contributed by atoms with Gasteiger partial charge in [-0.2, -0.15) is 0 Å². The van der Waals surface area contributed by atoms with Gasteiger partial charge < -0.3 is 19.3 Å². The van der Waals surface area contributed by atoms with Crippen LogP contribution in [0.4, 0.5) is 0 Å². The fourth-order valence-electron chi connectivity index (χ4n) is 2.91. The smallest absolute Gasteiger partial charge is 0.304 e. The molecule has 3 rings (SSSR count). The second-order valence-electron chi connectivity index (χ2n) is 6.15. The van der Waals surface area contributed by atoms with Gasteiger partial charge >= 0.3 is 5.97 Å². The van der Waals surface area contributed by atoms with Crippen LogP contribution in [0.1, 0.15) is 18.1 Å². The van der Waals surface area contributed by atoms with E-state index in [-0.39, 0.29) is 12.5 Å². The van der Waals surface area contributed by atoms with E-state index in [4.69, 9.17) is 19.3 Å². The molecule has 1 N–H and O–H groups in total. The SMILES string of the molecule is COc1cccc(Oc2ccc(C3CN(CCC(=O)O)CCO3)cc2)c1. The van der Waals surface area contributed by atoms with Crippen molar-refractivity contribution < 1.29 is 24.1 Å². The first-order chi connectivity index (χ1) is 12.6. The van der Waals surface area contributed by atoms with Crippen LogP contribution in [-0.2, 0) is 9.53 Å². The van der Waals surface area contributed by atoms with Crippen molar-refractivity contribution in [3.05, 3.63) is 54.1 Å². The number of aliphatic carboxylic acids is 1. The molecule has 0 aliphatic carbocycles. The summed E-state index contributed by atoms with van der Waals surface area (Å²) >= 11 is 0. The summed E-state index contributed by atoms with van der Waals surface area (Å²) in [5, 5.41) is 8.83. The first kappa shape index (κ1) is 18.2. The number of rotatable bonds is 7. The van der Waals surface area contributed by atoms with E-state index < -0.39 is 5.97 Å². The first-order valence-electron chi connectivity index (χ1n) is 8.61. The number of carboxylic acid groups (broad SMARTS) is 1. The molecule has 1 saturated heterocycles. The quantitative estimate of drug-likeness (QED) is 0.820. The molecule has 6 nitrogen and oxygen atoms in total. The molecule has 138 valence electrons. The number of benzene rings is 2. The zero-order valence-electron chi connectivity index (χ0n) is 14.8. The predicted octanol–water partition coefficient (Wildman–Crippen LogP) is 3.34. The van der Waals surface area contributed by atoms with Crippen molar-refractivity contribution in [1.82, 2.24) is 4.90 Å². The third-order valence-corrected chi connectivity index (χ3v) is 4.32. The van der Waals surface area contributed by atoms with Crippen LogP contribution in [-0.4, -0.2) is 49.3 Å². The van der Waals surface area contributed by atoms with Gasteiger partial charge in [-0.15, -0.1) is 0 Å². The molecule has 26 heavy (non-hydrogen) atoms. The predicted molar refractivity (Wildman–Crippen MR) is 96.9 cm³/mol. The molecule has 0 aromatic heterocycles. The second-order valence-corrected chi connectivity index (χ2v) is 6.15. The van der Waals surface area contributed by atoms with Gasteiger partial charge in [0, 0.05) is 25.7 Å². The molecule has 0 saturated carbocycles. The summed E-state index contributed by atoms with van der Waals surface area (Å²) < 4.78 is 16.9. The molecule has 6 heteroatoms. The van der Waals surface area contributed by atoms with Gasteiger partial charge in [0.25, 0.3) is 0 Å². The van der Waals surface area contributed by atoms with Gasteiger partial charge in [-0.3, -0.25) is 9.69 Å². The van der Waals surface area contributed by atoms with Gasteiger partial charge in [-0.1, -0.05) is 18.2 Å². The van der Waals surface area contributed by atoms with Crippen LogP contribution in [0.15, 0.2) is 48.5 Å². The normalized spacial score (nSPS) is 17.7. The summed E-state index contributed by atoms with van der Waals surface area (Å²) in [6.07, 6.45) is 0.100. The monoisotopic (exact) mass is 357 g/mol. The Bertz CT molecular complexity index is 731. The highest BCUT2D eigenvalue weighted by Crippen LogP contribution is 2.28. The van der Waals surface area contributed by atoms with Gasteiger partial charge in [-0.25, -0.2) is 0 Å². The molecular formula is C20H23NO5. The lowest BCUT2D eigenvalue weighted by atomic mass is 10.1. The van der Waals surface area contributed by atoms with E-state index in [1.807, 2.05) is 48.5 Å². The largest absolute Gasteiger partial charge is 0.497 e. The van der Waals surface area contributed by atoms with Crippen molar-refractivity contribution in [1.29, 1.82) is 0 Å². The van der Waals surface area contributed by atoms with E-state index in [0.717, 1.165) is 23.6 Å². The van der Waals surface area contributed by atoms with Crippen molar-refractivity contribution in [3.63, 3.8) is 0 Å². The lowest BCUT2D eigenvalue weighted by molar-refractivity contribution is -0.137. The van der Waals surface area contributed by atoms with Crippen LogP contribution in [0.5, 0.6) is 17.2 Å². The number of morpholine rings is 1. The van der Waals surface area contributed by atoms with Gasteiger partial charge in [-0.05, 0) is 29.8 Å². The Morgan fingerprint density at radius 2 is 1.96 bits per heavy atom. The molecule has 0 radical (unpaired) electrons. The molecule has 2 aromatic carbocycles. The maximum Gasteiger partial charge on any atom is 0.304 e. The average molecular weight is 357 g/mol. The summed E-state index contributed by atoms with van der Waals surface area (Å²) in [4.78, 5) is 12.9. The summed E-state index contributed by atoms with van der Waals surface area (Å²) in [6, 6.07) is 15.3. The Hall–Kier alpha value is -2.57. The summed E-state index contributed by atoms with van der Waals surface area (Å²) in [6.45, 7) is 2.61. The third kappa shape index (κ3) is 4.97. The molecule has 0 spiro atoms. The van der Waals surface area contributed by atoms with Gasteiger partial charge in [0.2, 0.25) is 0 Å². The van der Waals surface area contributed by atoms with Crippen LogP contribution in [0.3, 0.4) is 0 Å². The zero-order valence-corrected chi connectivity index (χ0v) is 14.8. The van der Waals surface area contributed by atoms with Crippen molar-refractivity contribution in [2.24, 2.45) is 0 Å². The standard InChI is InChI=1S/C20H23NO5/c1-24-17-3-2-4-18(13-17)26-16-7-5-15(6-8-16)19-14-21(11-12-25-19)10-9-20(22)23/h2-8,13,19H,9-12,14H2,1H3,(H,22,23). The lowest BCUT2D eigenvalue weighted by Gasteiger charge is -2.32. The van der Waals surface area contributed by atoms with Gasteiger partial charge in [0.15, 0.2) is 0 Å². The van der Waals surface area contributed by atoms with Crippen LogP contribution in [0.2, 0.25) is 0 Å². The van der Waals surface area contributed by atoms with Crippen molar-refractivity contribution in [2.45, 2.75) is 12.5 Å². The Labute approximate surface area is 152 Å². The van der Waals surface area contributed by atoms with Crippen molar-refractivity contribution in [3.8, 4) is 17.2 Å². The number of carbonyl (C=O) groups is 1. The van der Waals surface area contributed by atoms with Crippen molar-refractivity contribution in [2.75, 3.05) is 33.4 Å². The number of ether oxygens (including phenoxy) is 3. The fraction of sp³-hybridized carbons (Fsp3) is 0.350. The molecule has 1 aliphatic heterocycles. The minimum atomic E-state index is -0.771. The Morgan fingerprint density at radius 1 is 1.19 bits per heavy atom. The van der Waals surface area contributed by atoms with E-state index in [9.17, 15) is 4.79 Å².